The molecule has 1 unspecified atom stereocenters. The van der Waals surface area contributed by atoms with Gasteiger partial charge in [-0.15, -0.1) is 0 Å². The van der Waals surface area contributed by atoms with Crippen LogP contribution in [-0.4, -0.2) is 30.4 Å². The van der Waals surface area contributed by atoms with E-state index in [1.54, 1.807) is 0 Å². The normalized spacial score (nSPS) is 28.1. The number of hydrogen-bond donors (Lipinski definition) is 0. The van der Waals surface area contributed by atoms with E-state index in [-0.39, 0.29) is 24.3 Å². The Morgan fingerprint density at radius 1 is 0.950 bits per heavy atom. The van der Waals surface area contributed by atoms with E-state index < -0.39 is 0 Å². The van der Waals surface area contributed by atoms with Gasteiger partial charge < -0.3 is 14.0 Å². The Morgan fingerprint density at radius 2 is 1.45 bits per heavy atom. The summed E-state index contributed by atoms with van der Waals surface area (Å²) in [6, 6.07) is 0.0270. The van der Waals surface area contributed by atoms with Crippen molar-refractivity contribution in [2.45, 2.75) is 97.0 Å². The number of rotatable bonds is 4. The van der Waals surface area contributed by atoms with Crippen molar-refractivity contribution >= 4 is 7.12 Å². The lowest BCUT2D eigenvalue weighted by molar-refractivity contribution is -0.0288. The Morgan fingerprint density at radius 3 is 1.90 bits per heavy atom. The summed E-state index contributed by atoms with van der Waals surface area (Å²) in [6.07, 6.45) is 6.68. The lowest BCUT2D eigenvalue weighted by Crippen LogP contribution is -2.43. The van der Waals surface area contributed by atoms with Gasteiger partial charge in [0.15, 0.2) is 0 Å². The highest BCUT2D eigenvalue weighted by molar-refractivity contribution is 6.47. The molecule has 0 bridgehead atoms. The Labute approximate surface area is 124 Å². The predicted octanol–water partition coefficient (Wildman–Crippen LogP) is 3.99. The van der Waals surface area contributed by atoms with Crippen LogP contribution in [0.15, 0.2) is 0 Å². The van der Waals surface area contributed by atoms with Crippen molar-refractivity contribution in [2.75, 3.05) is 0 Å². The molecule has 1 aliphatic carbocycles. The van der Waals surface area contributed by atoms with Crippen molar-refractivity contribution in [1.29, 1.82) is 0 Å². The fraction of sp³-hybridized carbons (Fsp3) is 1.00. The van der Waals surface area contributed by atoms with Gasteiger partial charge >= 0.3 is 7.12 Å². The van der Waals surface area contributed by atoms with E-state index in [0.717, 1.165) is 0 Å². The molecule has 1 saturated carbocycles. The summed E-state index contributed by atoms with van der Waals surface area (Å²) in [4.78, 5) is 0. The summed E-state index contributed by atoms with van der Waals surface area (Å²) < 4.78 is 18.7. The van der Waals surface area contributed by atoms with Crippen molar-refractivity contribution in [2.24, 2.45) is 5.92 Å². The first-order chi connectivity index (χ1) is 9.23. The van der Waals surface area contributed by atoms with Crippen LogP contribution in [0.1, 0.15) is 73.6 Å². The maximum atomic E-state index is 6.37. The molecule has 1 atom stereocenters. The minimum atomic E-state index is -0.277. The van der Waals surface area contributed by atoms with Crippen LogP contribution in [0, 0.1) is 5.92 Å². The molecule has 2 rings (SSSR count). The van der Waals surface area contributed by atoms with Gasteiger partial charge in [0.2, 0.25) is 0 Å². The third-order valence-corrected chi connectivity index (χ3v) is 5.10. The SMILES string of the molecule is CC(C)C(OC1CCCCC1)B1OC(C)(C)C(C)(C)O1. The van der Waals surface area contributed by atoms with Crippen LogP contribution in [-0.2, 0) is 14.0 Å². The largest absolute Gasteiger partial charge is 0.489 e. The Kier molecular flexibility index (Phi) is 4.88. The molecule has 0 radical (unpaired) electrons. The second-order valence-corrected chi connectivity index (χ2v) is 7.73. The molecule has 0 amide bonds. The summed E-state index contributed by atoms with van der Waals surface area (Å²) in [7, 11) is -0.248. The molecule has 0 aromatic carbocycles. The highest BCUT2D eigenvalue weighted by Gasteiger charge is 2.55. The van der Waals surface area contributed by atoms with E-state index in [1.165, 1.54) is 32.1 Å². The molecule has 2 aliphatic rings. The third kappa shape index (κ3) is 3.40. The van der Waals surface area contributed by atoms with Crippen molar-refractivity contribution in [3.05, 3.63) is 0 Å². The fourth-order valence-corrected chi connectivity index (χ4v) is 2.98. The highest BCUT2D eigenvalue weighted by Crippen LogP contribution is 2.39. The van der Waals surface area contributed by atoms with Crippen LogP contribution >= 0.6 is 0 Å². The summed E-state index contributed by atoms with van der Waals surface area (Å²) in [6.45, 7) is 12.8. The van der Waals surface area contributed by atoms with Gasteiger partial charge in [0.05, 0.1) is 23.3 Å². The molecule has 3 nitrogen and oxygen atoms in total. The molecule has 0 aromatic rings. The van der Waals surface area contributed by atoms with E-state index in [0.29, 0.717) is 12.0 Å². The van der Waals surface area contributed by atoms with Gasteiger partial charge in [-0.2, -0.15) is 0 Å². The van der Waals surface area contributed by atoms with E-state index >= 15 is 0 Å². The molecule has 0 spiro atoms. The zero-order valence-corrected chi connectivity index (χ0v) is 14.1. The monoisotopic (exact) mass is 282 g/mol. The summed E-state index contributed by atoms with van der Waals surface area (Å²) in [5.74, 6) is 0.395. The van der Waals surface area contributed by atoms with Crippen LogP contribution < -0.4 is 0 Å². The minimum absolute atomic E-state index is 0.0270. The van der Waals surface area contributed by atoms with Gasteiger partial charge in [0.1, 0.15) is 0 Å². The van der Waals surface area contributed by atoms with E-state index in [1.807, 2.05) is 0 Å². The Hall–Kier alpha value is -0.0551. The molecular weight excluding hydrogens is 251 g/mol. The zero-order valence-electron chi connectivity index (χ0n) is 14.1. The standard InChI is InChI=1S/C16H31BO3/c1-12(2)14(18-13-10-8-7-9-11-13)17-19-15(3,4)16(5,6)20-17/h12-14H,7-11H2,1-6H3. The Balaban J connectivity index is 2.02. The van der Waals surface area contributed by atoms with E-state index in [9.17, 15) is 0 Å². The lowest BCUT2D eigenvalue weighted by Gasteiger charge is -2.32. The van der Waals surface area contributed by atoms with Gasteiger partial charge in [0.25, 0.3) is 0 Å². The third-order valence-electron chi connectivity index (χ3n) is 5.10. The van der Waals surface area contributed by atoms with Crippen LogP contribution in [0.5, 0.6) is 0 Å². The molecule has 20 heavy (non-hydrogen) atoms. The number of ether oxygens (including phenoxy) is 1. The average Bonchev–Trinajstić information content (AvgIpc) is 2.56. The average molecular weight is 282 g/mol. The molecular formula is C16H31BO3. The summed E-state index contributed by atoms with van der Waals surface area (Å²) in [5, 5.41) is 0. The van der Waals surface area contributed by atoms with Crippen molar-refractivity contribution in [3.63, 3.8) is 0 Å². The van der Waals surface area contributed by atoms with Gasteiger partial charge in [-0.3, -0.25) is 0 Å². The molecule has 1 saturated heterocycles. The summed E-state index contributed by atoms with van der Waals surface area (Å²) in [5.41, 5.74) is -0.554. The van der Waals surface area contributed by atoms with Crippen molar-refractivity contribution in [1.82, 2.24) is 0 Å². The number of hydrogen-bond acceptors (Lipinski definition) is 3. The van der Waals surface area contributed by atoms with Crippen molar-refractivity contribution < 1.29 is 14.0 Å². The van der Waals surface area contributed by atoms with Crippen LogP contribution in [0.4, 0.5) is 0 Å². The van der Waals surface area contributed by atoms with Crippen molar-refractivity contribution in [3.8, 4) is 0 Å². The molecule has 2 fully saturated rings. The van der Waals surface area contributed by atoms with E-state index in [4.69, 9.17) is 14.0 Å². The maximum Gasteiger partial charge on any atom is 0.489 e. The fourth-order valence-electron chi connectivity index (χ4n) is 2.98. The smallest absolute Gasteiger partial charge is 0.402 e. The molecule has 4 heteroatoms. The Bertz CT molecular complexity index is 306. The maximum absolute atomic E-state index is 6.37. The van der Waals surface area contributed by atoms with Crippen LogP contribution in [0.3, 0.4) is 0 Å². The molecule has 0 aromatic heterocycles. The first-order valence-corrected chi connectivity index (χ1v) is 8.24. The zero-order chi connectivity index (χ0) is 15.0. The van der Waals surface area contributed by atoms with Gasteiger partial charge in [-0.25, -0.2) is 0 Å². The predicted molar refractivity (Wildman–Crippen MR) is 82.7 cm³/mol. The summed E-state index contributed by atoms with van der Waals surface area (Å²) >= 11 is 0. The minimum Gasteiger partial charge on any atom is -0.402 e. The second kappa shape index (κ2) is 5.98. The van der Waals surface area contributed by atoms with Gasteiger partial charge in [-0.05, 0) is 46.5 Å². The van der Waals surface area contributed by atoms with Gasteiger partial charge in [-0.1, -0.05) is 33.1 Å². The van der Waals surface area contributed by atoms with Crippen LogP contribution in [0.25, 0.3) is 0 Å². The quantitative estimate of drug-likeness (QED) is 0.730. The lowest BCUT2D eigenvalue weighted by atomic mass is 9.74. The van der Waals surface area contributed by atoms with Gasteiger partial charge in [0, 0.05) is 0 Å². The molecule has 1 heterocycles. The first-order valence-electron chi connectivity index (χ1n) is 8.24. The topological polar surface area (TPSA) is 27.7 Å². The molecule has 116 valence electrons. The van der Waals surface area contributed by atoms with E-state index in [2.05, 4.69) is 41.5 Å². The first kappa shape index (κ1) is 16.3. The van der Waals surface area contributed by atoms with Crippen LogP contribution in [0.2, 0.25) is 0 Å². The highest BCUT2D eigenvalue weighted by atomic mass is 16.7. The molecule has 1 aliphatic heterocycles. The molecule has 0 N–H and O–H groups in total. The second-order valence-electron chi connectivity index (χ2n) is 7.73.